The van der Waals surface area contributed by atoms with Gasteiger partial charge in [-0.05, 0) is 42.0 Å². The van der Waals surface area contributed by atoms with E-state index >= 15 is 0 Å². The maximum atomic E-state index is 11.9. The van der Waals surface area contributed by atoms with Crippen LogP contribution in [0.25, 0.3) is 6.08 Å². The maximum absolute atomic E-state index is 11.9. The van der Waals surface area contributed by atoms with Crippen LogP contribution in [-0.4, -0.2) is 39.5 Å². The van der Waals surface area contributed by atoms with Crippen LogP contribution in [0.2, 0.25) is 0 Å². The number of nitrogens with one attached hydrogen (secondary N) is 1. The average molecular weight is 399 g/mol. The average Bonchev–Trinajstić information content (AvgIpc) is 3.22. The van der Waals surface area contributed by atoms with E-state index < -0.39 is 11.9 Å². The van der Waals surface area contributed by atoms with Crippen molar-refractivity contribution in [3.63, 3.8) is 0 Å². The van der Waals surface area contributed by atoms with Gasteiger partial charge in [0.15, 0.2) is 18.1 Å². The molecule has 8 nitrogen and oxygen atoms in total. The largest absolute Gasteiger partial charge is 0.497 e. The van der Waals surface area contributed by atoms with E-state index in [0.717, 1.165) is 5.56 Å². The van der Waals surface area contributed by atoms with Gasteiger partial charge < -0.3 is 29.0 Å². The van der Waals surface area contributed by atoms with Crippen molar-refractivity contribution in [1.29, 1.82) is 0 Å². The van der Waals surface area contributed by atoms with Crippen molar-refractivity contribution in [3.05, 3.63) is 53.6 Å². The number of rotatable bonds is 8. The van der Waals surface area contributed by atoms with Gasteiger partial charge in [0, 0.05) is 18.2 Å². The molecule has 0 aromatic heterocycles. The summed E-state index contributed by atoms with van der Waals surface area (Å²) in [5.74, 6) is 1.46. The van der Waals surface area contributed by atoms with Crippen LogP contribution < -0.4 is 24.3 Å². The maximum Gasteiger partial charge on any atom is 0.331 e. The summed E-state index contributed by atoms with van der Waals surface area (Å²) in [6, 6.07) is 10.6. The Morgan fingerprint density at radius 1 is 1.07 bits per heavy atom. The molecule has 3 rings (SSSR count). The lowest BCUT2D eigenvalue weighted by atomic mass is 10.1. The van der Waals surface area contributed by atoms with Crippen LogP contribution in [0.3, 0.4) is 0 Å². The van der Waals surface area contributed by atoms with Crippen LogP contribution in [0, 0.1) is 0 Å². The molecule has 8 heteroatoms. The van der Waals surface area contributed by atoms with Gasteiger partial charge in [0.05, 0.1) is 14.2 Å². The third-order valence-corrected chi connectivity index (χ3v) is 4.11. The molecule has 0 spiro atoms. The molecule has 1 amide bonds. The fourth-order valence-corrected chi connectivity index (χ4v) is 2.61. The van der Waals surface area contributed by atoms with Crippen molar-refractivity contribution in [2.24, 2.45) is 0 Å². The predicted molar refractivity (Wildman–Crippen MR) is 104 cm³/mol. The van der Waals surface area contributed by atoms with Crippen LogP contribution in [0.1, 0.15) is 11.1 Å². The molecule has 0 aliphatic carbocycles. The third-order valence-electron chi connectivity index (χ3n) is 4.11. The number of carbonyl (C=O) groups excluding carboxylic acids is 2. The minimum atomic E-state index is -0.645. The monoisotopic (exact) mass is 399 g/mol. The normalized spacial score (nSPS) is 11.9. The van der Waals surface area contributed by atoms with Gasteiger partial charge in [-0.3, -0.25) is 4.79 Å². The molecule has 0 unspecified atom stereocenters. The minimum Gasteiger partial charge on any atom is -0.497 e. The molecule has 0 fully saturated rings. The molecule has 1 aliphatic heterocycles. The smallest absolute Gasteiger partial charge is 0.331 e. The van der Waals surface area contributed by atoms with Crippen molar-refractivity contribution in [2.45, 2.75) is 6.54 Å². The standard InChI is InChI=1S/C21H21NO7/c1-25-16-5-7-17(26-2)15(10-16)4-8-21(24)27-12-20(23)22-11-14-3-6-18-19(9-14)29-13-28-18/h3-10H,11-13H2,1-2H3,(H,22,23)/b8-4+. The lowest BCUT2D eigenvalue weighted by Crippen LogP contribution is -2.28. The molecule has 1 aliphatic rings. The molecule has 1 heterocycles. The highest BCUT2D eigenvalue weighted by Crippen LogP contribution is 2.32. The van der Waals surface area contributed by atoms with E-state index in [1.165, 1.54) is 19.3 Å². The van der Waals surface area contributed by atoms with E-state index in [2.05, 4.69) is 5.32 Å². The van der Waals surface area contributed by atoms with Crippen molar-refractivity contribution in [3.8, 4) is 23.0 Å². The van der Waals surface area contributed by atoms with Crippen molar-refractivity contribution in [2.75, 3.05) is 27.6 Å². The predicted octanol–water partition coefficient (Wildman–Crippen LogP) is 2.31. The Labute approximate surface area is 168 Å². The molecule has 152 valence electrons. The number of fused-ring (bicyclic) bond motifs is 1. The summed E-state index contributed by atoms with van der Waals surface area (Å²) in [5.41, 5.74) is 1.50. The van der Waals surface area contributed by atoms with Gasteiger partial charge in [0.25, 0.3) is 5.91 Å². The minimum absolute atomic E-state index is 0.191. The third kappa shape index (κ3) is 5.41. The number of esters is 1. The summed E-state index contributed by atoms with van der Waals surface area (Å²) < 4.78 is 25.9. The molecule has 0 radical (unpaired) electrons. The van der Waals surface area contributed by atoms with E-state index in [9.17, 15) is 9.59 Å². The topological polar surface area (TPSA) is 92.3 Å². The van der Waals surface area contributed by atoms with E-state index in [-0.39, 0.29) is 19.9 Å². The molecule has 0 saturated carbocycles. The Morgan fingerprint density at radius 2 is 1.90 bits per heavy atom. The van der Waals surface area contributed by atoms with Crippen molar-refractivity contribution >= 4 is 18.0 Å². The quantitative estimate of drug-likeness (QED) is 0.538. The zero-order valence-electron chi connectivity index (χ0n) is 16.1. The first-order chi connectivity index (χ1) is 14.1. The molecule has 0 saturated heterocycles. The summed E-state index contributed by atoms with van der Waals surface area (Å²) in [6.45, 7) is 0.0864. The van der Waals surface area contributed by atoms with E-state index in [0.29, 0.717) is 28.6 Å². The molecule has 2 aromatic rings. The van der Waals surface area contributed by atoms with Crippen molar-refractivity contribution in [1.82, 2.24) is 5.32 Å². The fraction of sp³-hybridized carbons (Fsp3) is 0.238. The summed E-state index contributed by atoms with van der Waals surface area (Å²) in [4.78, 5) is 23.8. The van der Waals surface area contributed by atoms with Gasteiger partial charge in [0.2, 0.25) is 6.79 Å². The summed E-state index contributed by atoms with van der Waals surface area (Å²) >= 11 is 0. The first kappa shape index (κ1) is 20.1. The van der Waals surface area contributed by atoms with Crippen LogP contribution in [-0.2, 0) is 20.9 Å². The number of benzene rings is 2. The molecular formula is C21H21NO7. The molecule has 29 heavy (non-hydrogen) atoms. The Kier molecular flexibility index (Phi) is 6.57. The Bertz CT molecular complexity index is 923. The van der Waals surface area contributed by atoms with Crippen LogP contribution in [0.15, 0.2) is 42.5 Å². The van der Waals surface area contributed by atoms with E-state index in [4.69, 9.17) is 23.7 Å². The summed E-state index contributed by atoms with van der Waals surface area (Å²) in [5, 5.41) is 2.68. The summed E-state index contributed by atoms with van der Waals surface area (Å²) in [7, 11) is 3.08. The van der Waals surface area contributed by atoms with E-state index in [1.54, 1.807) is 37.4 Å². The number of carbonyl (C=O) groups is 2. The highest BCUT2D eigenvalue weighted by molar-refractivity contribution is 5.89. The van der Waals surface area contributed by atoms with Gasteiger partial charge in [-0.2, -0.15) is 0 Å². The highest BCUT2D eigenvalue weighted by Gasteiger charge is 2.13. The Hall–Kier alpha value is -3.68. The number of amides is 1. The van der Waals surface area contributed by atoms with Gasteiger partial charge >= 0.3 is 5.97 Å². The SMILES string of the molecule is COc1ccc(OC)c(/C=C/C(=O)OCC(=O)NCc2ccc3c(c2)OCO3)c1. The second kappa shape index (κ2) is 9.50. The molecule has 2 aromatic carbocycles. The zero-order chi connectivity index (χ0) is 20.6. The second-order valence-corrected chi connectivity index (χ2v) is 6.01. The summed E-state index contributed by atoms with van der Waals surface area (Å²) in [6.07, 6.45) is 2.76. The van der Waals surface area contributed by atoms with Crippen LogP contribution >= 0.6 is 0 Å². The van der Waals surface area contributed by atoms with Gasteiger partial charge in [-0.25, -0.2) is 4.79 Å². The van der Waals surface area contributed by atoms with Gasteiger partial charge in [0.1, 0.15) is 11.5 Å². The molecule has 1 N–H and O–H groups in total. The lowest BCUT2D eigenvalue weighted by Gasteiger charge is -2.07. The molecular weight excluding hydrogens is 378 g/mol. The number of hydrogen-bond acceptors (Lipinski definition) is 7. The first-order valence-corrected chi connectivity index (χ1v) is 8.81. The van der Waals surface area contributed by atoms with Crippen LogP contribution in [0.4, 0.5) is 0 Å². The number of methoxy groups -OCH3 is 2. The highest BCUT2D eigenvalue weighted by atomic mass is 16.7. The number of hydrogen-bond donors (Lipinski definition) is 1. The molecule has 0 bridgehead atoms. The first-order valence-electron chi connectivity index (χ1n) is 8.81. The number of ether oxygens (including phenoxy) is 5. The zero-order valence-corrected chi connectivity index (χ0v) is 16.1. The fourth-order valence-electron chi connectivity index (χ4n) is 2.61. The Morgan fingerprint density at radius 3 is 2.69 bits per heavy atom. The van der Waals surface area contributed by atoms with Crippen LogP contribution in [0.5, 0.6) is 23.0 Å². The van der Waals surface area contributed by atoms with Gasteiger partial charge in [-0.1, -0.05) is 6.07 Å². The van der Waals surface area contributed by atoms with E-state index in [1.807, 2.05) is 6.07 Å². The van der Waals surface area contributed by atoms with Crippen molar-refractivity contribution < 1.29 is 33.3 Å². The molecule has 0 atom stereocenters. The Balaban J connectivity index is 1.46. The lowest BCUT2D eigenvalue weighted by molar-refractivity contribution is -0.143. The van der Waals surface area contributed by atoms with Gasteiger partial charge in [-0.15, -0.1) is 0 Å². The second-order valence-electron chi connectivity index (χ2n) is 6.01.